The van der Waals surface area contributed by atoms with Gasteiger partial charge in [-0.15, -0.1) is 11.3 Å². The zero-order valence-corrected chi connectivity index (χ0v) is 17.8. The van der Waals surface area contributed by atoms with Crippen LogP contribution in [0.1, 0.15) is 34.5 Å². The summed E-state index contributed by atoms with van der Waals surface area (Å²) >= 11 is 1.34. The van der Waals surface area contributed by atoms with Crippen LogP contribution in [0, 0.1) is 0 Å². The van der Waals surface area contributed by atoms with Crippen LogP contribution in [0.4, 0.5) is 13.2 Å². The van der Waals surface area contributed by atoms with Gasteiger partial charge in [-0.2, -0.15) is 13.2 Å². The minimum atomic E-state index is -4.43. The molecule has 3 aromatic rings. The molecule has 32 heavy (non-hydrogen) atoms. The number of hydrogen-bond acceptors (Lipinski definition) is 5. The standard InChI is InChI=1S/C23H21F3N2O3S/c24-23(25,26)19-6-2-1-4-16(19)13-31-17-9-7-15(8-10-17)22-28-20(14-32-22)21(29)27-12-18-5-3-11-30-18/h1-2,4,6-10,14,18H,3,5,11-13H2,(H,27,29)/t18-/m0/s1. The van der Waals surface area contributed by atoms with Crippen molar-refractivity contribution in [1.82, 2.24) is 10.3 Å². The lowest BCUT2D eigenvalue weighted by molar-refractivity contribution is -0.138. The van der Waals surface area contributed by atoms with Gasteiger partial charge >= 0.3 is 6.18 Å². The lowest BCUT2D eigenvalue weighted by atomic mass is 10.1. The van der Waals surface area contributed by atoms with Gasteiger partial charge in [0.15, 0.2) is 0 Å². The lowest BCUT2D eigenvalue weighted by Crippen LogP contribution is -2.31. The topological polar surface area (TPSA) is 60.5 Å². The maximum atomic E-state index is 13.1. The fourth-order valence-electron chi connectivity index (χ4n) is 3.39. The first kappa shape index (κ1) is 22.3. The Kier molecular flexibility index (Phi) is 6.76. The van der Waals surface area contributed by atoms with E-state index >= 15 is 0 Å². The first-order valence-corrected chi connectivity index (χ1v) is 11.0. The summed E-state index contributed by atoms with van der Waals surface area (Å²) in [4.78, 5) is 16.7. The summed E-state index contributed by atoms with van der Waals surface area (Å²) in [7, 11) is 0. The predicted molar refractivity (Wildman–Crippen MR) is 115 cm³/mol. The molecule has 0 radical (unpaired) electrons. The maximum absolute atomic E-state index is 13.1. The molecular formula is C23H21F3N2O3S. The molecule has 4 rings (SSSR count). The van der Waals surface area contributed by atoms with E-state index in [-0.39, 0.29) is 24.2 Å². The van der Waals surface area contributed by atoms with Gasteiger partial charge in [-0.1, -0.05) is 18.2 Å². The molecule has 0 aliphatic carbocycles. The van der Waals surface area contributed by atoms with E-state index in [1.807, 2.05) is 0 Å². The Labute approximate surface area is 187 Å². The first-order chi connectivity index (χ1) is 15.4. The quantitative estimate of drug-likeness (QED) is 0.517. The fraction of sp³-hybridized carbons (Fsp3) is 0.304. The molecular weight excluding hydrogens is 441 g/mol. The van der Waals surface area contributed by atoms with Crippen LogP contribution in [0.3, 0.4) is 0 Å². The second-order valence-electron chi connectivity index (χ2n) is 7.35. The van der Waals surface area contributed by atoms with Gasteiger partial charge in [-0.05, 0) is 43.2 Å². The van der Waals surface area contributed by atoms with E-state index in [2.05, 4.69) is 10.3 Å². The van der Waals surface area contributed by atoms with Gasteiger partial charge < -0.3 is 14.8 Å². The lowest BCUT2D eigenvalue weighted by Gasteiger charge is -2.13. The number of ether oxygens (including phenoxy) is 2. The number of alkyl halides is 3. The Hall–Kier alpha value is -2.91. The molecule has 0 unspecified atom stereocenters. The molecule has 1 aromatic heterocycles. The van der Waals surface area contributed by atoms with Crippen molar-refractivity contribution >= 4 is 17.2 Å². The highest BCUT2D eigenvalue weighted by atomic mass is 32.1. The van der Waals surface area contributed by atoms with E-state index in [0.717, 1.165) is 31.1 Å². The molecule has 1 saturated heterocycles. The summed E-state index contributed by atoms with van der Waals surface area (Å²) in [6.07, 6.45) is -2.41. The summed E-state index contributed by atoms with van der Waals surface area (Å²) < 4.78 is 50.4. The number of thiazole rings is 1. The molecule has 5 nitrogen and oxygen atoms in total. The van der Waals surface area contributed by atoms with Gasteiger partial charge in [0.25, 0.3) is 5.91 Å². The van der Waals surface area contributed by atoms with Gasteiger partial charge in [-0.25, -0.2) is 4.98 Å². The Morgan fingerprint density at radius 1 is 1.19 bits per heavy atom. The van der Waals surface area contributed by atoms with Crippen LogP contribution in [0.5, 0.6) is 5.75 Å². The van der Waals surface area contributed by atoms with Gasteiger partial charge in [0.2, 0.25) is 0 Å². The van der Waals surface area contributed by atoms with E-state index < -0.39 is 11.7 Å². The number of amides is 1. The summed E-state index contributed by atoms with van der Waals surface area (Å²) in [6.45, 7) is 1.01. The van der Waals surface area contributed by atoms with Crippen LogP contribution >= 0.6 is 11.3 Å². The van der Waals surface area contributed by atoms with Crippen molar-refractivity contribution in [3.05, 3.63) is 70.7 Å². The minimum Gasteiger partial charge on any atom is -0.489 e. The number of aromatic nitrogens is 1. The van der Waals surface area contributed by atoms with Crippen LogP contribution in [0.15, 0.2) is 53.9 Å². The van der Waals surface area contributed by atoms with Crippen molar-refractivity contribution in [3.8, 4) is 16.3 Å². The number of hydrogen-bond donors (Lipinski definition) is 1. The van der Waals surface area contributed by atoms with E-state index in [9.17, 15) is 18.0 Å². The molecule has 1 aliphatic heterocycles. The smallest absolute Gasteiger partial charge is 0.416 e. The van der Waals surface area contributed by atoms with Crippen LogP contribution < -0.4 is 10.1 Å². The average Bonchev–Trinajstić information content (AvgIpc) is 3.48. The van der Waals surface area contributed by atoms with E-state index in [1.165, 1.54) is 23.5 Å². The molecule has 2 heterocycles. The third-order valence-electron chi connectivity index (χ3n) is 5.07. The zero-order valence-electron chi connectivity index (χ0n) is 17.0. The summed E-state index contributed by atoms with van der Waals surface area (Å²) in [6, 6.07) is 12.2. The molecule has 0 spiro atoms. The summed E-state index contributed by atoms with van der Waals surface area (Å²) in [5, 5.41) is 5.20. The Morgan fingerprint density at radius 2 is 1.97 bits per heavy atom. The van der Waals surface area contributed by atoms with E-state index in [4.69, 9.17) is 9.47 Å². The van der Waals surface area contributed by atoms with Crippen molar-refractivity contribution < 1.29 is 27.4 Å². The summed E-state index contributed by atoms with van der Waals surface area (Å²) in [5.41, 5.74) is 0.496. The van der Waals surface area contributed by atoms with Gasteiger partial charge in [0, 0.05) is 29.7 Å². The largest absolute Gasteiger partial charge is 0.489 e. The number of benzene rings is 2. The molecule has 2 aromatic carbocycles. The van der Waals surface area contributed by atoms with Gasteiger partial charge in [-0.3, -0.25) is 4.79 Å². The highest BCUT2D eigenvalue weighted by Crippen LogP contribution is 2.32. The molecule has 1 atom stereocenters. The van der Waals surface area contributed by atoms with Gasteiger partial charge in [0.05, 0.1) is 11.7 Å². The molecule has 0 bridgehead atoms. The number of halogens is 3. The Morgan fingerprint density at radius 3 is 2.69 bits per heavy atom. The highest BCUT2D eigenvalue weighted by molar-refractivity contribution is 7.13. The maximum Gasteiger partial charge on any atom is 0.416 e. The van der Waals surface area contributed by atoms with E-state index in [0.29, 0.717) is 23.0 Å². The highest BCUT2D eigenvalue weighted by Gasteiger charge is 2.33. The number of carbonyl (C=O) groups is 1. The molecule has 1 amide bonds. The SMILES string of the molecule is O=C(NC[C@@H]1CCCO1)c1csc(-c2ccc(OCc3ccccc3C(F)(F)F)cc2)n1. The van der Waals surface area contributed by atoms with Crippen LogP contribution in [0.25, 0.3) is 10.6 Å². The number of carbonyl (C=O) groups excluding carboxylic acids is 1. The average molecular weight is 462 g/mol. The van der Waals surface area contributed by atoms with E-state index in [1.54, 1.807) is 35.7 Å². The molecule has 0 saturated carbocycles. The predicted octanol–water partition coefficient (Wildman–Crippen LogP) is 5.32. The number of nitrogens with zero attached hydrogens (tertiary/aromatic N) is 1. The van der Waals surface area contributed by atoms with Crippen LogP contribution in [-0.4, -0.2) is 30.1 Å². The first-order valence-electron chi connectivity index (χ1n) is 10.1. The second kappa shape index (κ2) is 9.70. The number of nitrogens with one attached hydrogen (secondary N) is 1. The Bertz CT molecular complexity index is 1060. The molecule has 9 heteroatoms. The van der Waals surface area contributed by atoms with Crippen molar-refractivity contribution in [3.63, 3.8) is 0 Å². The summed E-state index contributed by atoms with van der Waals surface area (Å²) in [5.74, 6) is 0.197. The number of rotatable bonds is 7. The molecule has 1 aliphatic rings. The molecule has 1 N–H and O–H groups in total. The molecule has 168 valence electrons. The van der Waals surface area contributed by atoms with Crippen molar-refractivity contribution in [2.24, 2.45) is 0 Å². The van der Waals surface area contributed by atoms with Crippen molar-refractivity contribution in [2.45, 2.75) is 31.7 Å². The van der Waals surface area contributed by atoms with Crippen LogP contribution in [-0.2, 0) is 17.5 Å². The van der Waals surface area contributed by atoms with Crippen LogP contribution in [0.2, 0.25) is 0 Å². The zero-order chi connectivity index (χ0) is 22.6. The minimum absolute atomic E-state index is 0.0627. The third kappa shape index (κ3) is 5.46. The van der Waals surface area contributed by atoms with Gasteiger partial charge in [0.1, 0.15) is 23.1 Å². The third-order valence-corrected chi connectivity index (χ3v) is 5.96. The Balaban J connectivity index is 1.36. The monoisotopic (exact) mass is 462 g/mol. The van der Waals surface area contributed by atoms with Crippen molar-refractivity contribution in [1.29, 1.82) is 0 Å². The second-order valence-corrected chi connectivity index (χ2v) is 8.21. The normalized spacial score (nSPS) is 16.2. The molecule has 1 fully saturated rings. The van der Waals surface area contributed by atoms with Crippen molar-refractivity contribution in [2.75, 3.05) is 13.2 Å². The fourth-order valence-corrected chi connectivity index (χ4v) is 4.20.